The Balaban J connectivity index is 2.47. The van der Waals surface area contributed by atoms with Crippen molar-refractivity contribution >= 4 is 50.7 Å². The number of rotatable bonds is 9. The number of hydrogen-bond donors (Lipinski definition) is 1. The second kappa shape index (κ2) is 11.5. The van der Waals surface area contributed by atoms with Crippen LogP contribution in [0.15, 0.2) is 42.5 Å². The Morgan fingerprint density at radius 1 is 1.11 bits per heavy atom. The van der Waals surface area contributed by atoms with Crippen molar-refractivity contribution in [1.29, 1.82) is 0 Å². The van der Waals surface area contributed by atoms with Crippen LogP contribution in [0.4, 0.5) is 18.9 Å². The molecule has 7 nitrogen and oxygen atoms in total. The Kier molecular flexibility index (Phi) is 9.43. The monoisotopic (exact) mass is 553 g/mol. The number of hydrogen-bond acceptors (Lipinski definition) is 4. The molecule has 0 saturated heterocycles. The van der Waals surface area contributed by atoms with Gasteiger partial charge in [-0.2, -0.15) is 13.2 Å². The van der Waals surface area contributed by atoms with E-state index < -0.39 is 56.9 Å². The lowest BCUT2D eigenvalue weighted by Crippen LogP contribution is -2.51. The molecule has 35 heavy (non-hydrogen) atoms. The minimum absolute atomic E-state index is 0.0935. The molecule has 0 fully saturated rings. The normalized spacial score (nSPS) is 12.7. The number of alkyl halides is 3. The van der Waals surface area contributed by atoms with Crippen LogP contribution in [-0.2, 0) is 32.3 Å². The number of nitrogens with zero attached hydrogens (tertiary/aromatic N) is 2. The fourth-order valence-corrected chi connectivity index (χ4v) is 4.51. The summed E-state index contributed by atoms with van der Waals surface area (Å²) in [5.74, 6) is -1.29. The number of halogens is 5. The van der Waals surface area contributed by atoms with Gasteiger partial charge in [0.05, 0.1) is 22.5 Å². The van der Waals surface area contributed by atoms with E-state index in [0.717, 1.165) is 23.3 Å². The molecule has 2 amide bonds. The van der Waals surface area contributed by atoms with Crippen molar-refractivity contribution in [3.63, 3.8) is 0 Å². The van der Waals surface area contributed by atoms with Gasteiger partial charge in [0.2, 0.25) is 21.8 Å². The highest BCUT2D eigenvalue weighted by atomic mass is 35.5. The minimum Gasteiger partial charge on any atom is -0.355 e. The number of sulfonamides is 1. The lowest BCUT2D eigenvalue weighted by molar-refractivity contribution is -0.139. The molecule has 2 aromatic carbocycles. The summed E-state index contributed by atoms with van der Waals surface area (Å²) in [5.41, 5.74) is -1.08. The maximum absolute atomic E-state index is 13.3. The van der Waals surface area contributed by atoms with Crippen LogP contribution in [0.3, 0.4) is 0 Å². The minimum atomic E-state index is -4.84. The quantitative estimate of drug-likeness (QED) is 0.500. The smallest absolute Gasteiger partial charge is 0.355 e. The van der Waals surface area contributed by atoms with Crippen molar-refractivity contribution in [3.05, 3.63) is 63.6 Å². The van der Waals surface area contributed by atoms with E-state index in [1.54, 1.807) is 31.2 Å². The summed E-state index contributed by atoms with van der Waals surface area (Å²) in [6.45, 7) is 2.51. The van der Waals surface area contributed by atoms with Crippen molar-refractivity contribution < 1.29 is 31.2 Å². The number of benzene rings is 2. The second-order valence-electron chi connectivity index (χ2n) is 7.65. The number of likely N-dealkylation sites (N-methyl/N-ethyl adjacent to an activating group) is 1. The molecule has 0 bridgehead atoms. The molecular weight excluding hydrogens is 530 g/mol. The maximum atomic E-state index is 13.3. The molecule has 0 aliphatic rings. The Hall–Kier alpha value is -2.50. The van der Waals surface area contributed by atoms with Crippen LogP contribution in [0, 0.1) is 0 Å². The third-order valence-electron chi connectivity index (χ3n) is 4.98. The van der Waals surface area contributed by atoms with Gasteiger partial charge in [0, 0.05) is 18.1 Å². The lowest BCUT2D eigenvalue weighted by atomic mass is 10.1. The predicted molar refractivity (Wildman–Crippen MR) is 129 cm³/mol. The highest BCUT2D eigenvalue weighted by Crippen LogP contribution is 2.37. The third-order valence-corrected chi connectivity index (χ3v) is 6.69. The molecule has 1 atom stereocenters. The van der Waals surface area contributed by atoms with Crippen LogP contribution >= 0.6 is 23.2 Å². The van der Waals surface area contributed by atoms with Gasteiger partial charge in [-0.05, 0) is 49.7 Å². The number of anilines is 1. The zero-order valence-electron chi connectivity index (χ0n) is 19.1. The van der Waals surface area contributed by atoms with Crippen molar-refractivity contribution in [1.82, 2.24) is 10.2 Å². The lowest BCUT2D eigenvalue weighted by Gasteiger charge is -2.31. The first-order chi connectivity index (χ1) is 16.1. The van der Waals surface area contributed by atoms with E-state index in [0.29, 0.717) is 27.5 Å². The van der Waals surface area contributed by atoms with Crippen molar-refractivity contribution in [2.75, 3.05) is 23.7 Å². The molecule has 0 heterocycles. The molecule has 0 unspecified atom stereocenters. The first-order valence-electron chi connectivity index (χ1n) is 10.3. The average Bonchev–Trinajstić information content (AvgIpc) is 2.74. The zero-order valence-corrected chi connectivity index (χ0v) is 21.4. The molecular formula is C22H24Cl2F3N3O4S. The fourth-order valence-electron chi connectivity index (χ4n) is 3.24. The highest BCUT2D eigenvalue weighted by molar-refractivity contribution is 7.92. The molecule has 2 aromatic rings. The van der Waals surface area contributed by atoms with Gasteiger partial charge in [-0.1, -0.05) is 35.3 Å². The van der Waals surface area contributed by atoms with Gasteiger partial charge in [-0.25, -0.2) is 8.42 Å². The van der Waals surface area contributed by atoms with Crippen LogP contribution in [0.1, 0.15) is 25.0 Å². The SMILES string of the molecule is CCNC(=O)[C@@H](C)N(Cc1cccc(Cl)c1)C(=O)CN(c1ccc(Cl)c(C(F)(F)F)c1)S(C)(=O)=O. The molecule has 0 radical (unpaired) electrons. The van der Waals surface area contributed by atoms with E-state index in [2.05, 4.69) is 5.32 Å². The second-order valence-corrected chi connectivity index (χ2v) is 10.4. The topological polar surface area (TPSA) is 86.8 Å². The van der Waals surface area contributed by atoms with E-state index in [-0.39, 0.29) is 6.54 Å². The largest absolute Gasteiger partial charge is 0.417 e. The first kappa shape index (κ1) is 28.7. The summed E-state index contributed by atoms with van der Waals surface area (Å²) in [6.07, 6.45) is -4.08. The van der Waals surface area contributed by atoms with E-state index in [4.69, 9.17) is 23.2 Å². The average molecular weight is 554 g/mol. The van der Waals surface area contributed by atoms with Gasteiger partial charge in [0.25, 0.3) is 0 Å². The molecule has 0 aliphatic carbocycles. The fraction of sp³-hybridized carbons (Fsp3) is 0.364. The van der Waals surface area contributed by atoms with Crippen LogP contribution in [0.2, 0.25) is 10.0 Å². The summed E-state index contributed by atoms with van der Waals surface area (Å²) in [6, 6.07) is 8.03. The predicted octanol–water partition coefficient (Wildman–Crippen LogP) is 4.33. The summed E-state index contributed by atoms with van der Waals surface area (Å²) < 4.78 is 65.5. The Labute approximate surface area is 211 Å². The molecule has 0 aliphatic heterocycles. The van der Waals surface area contributed by atoms with E-state index in [1.165, 1.54) is 6.92 Å². The van der Waals surface area contributed by atoms with E-state index in [1.807, 2.05) is 0 Å². The van der Waals surface area contributed by atoms with Crippen LogP contribution in [0.5, 0.6) is 0 Å². The van der Waals surface area contributed by atoms with Gasteiger partial charge < -0.3 is 10.2 Å². The van der Waals surface area contributed by atoms with Gasteiger partial charge in [0.15, 0.2) is 0 Å². The molecule has 2 rings (SSSR count). The standard InChI is InChI=1S/C22H24Cl2F3N3O4S/c1-4-28-21(32)14(2)29(12-15-6-5-7-16(23)10-15)20(31)13-30(35(3,33)34)17-8-9-19(24)18(11-17)22(25,26)27/h5-11,14H,4,12-13H2,1-3H3,(H,28,32)/t14-/m1/s1. The Morgan fingerprint density at radius 2 is 1.77 bits per heavy atom. The van der Waals surface area contributed by atoms with Crippen LogP contribution in [-0.4, -0.2) is 50.5 Å². The van der Waals surface area contributed by atoms with Gasteiger partial charge in [0.1, 0.15) is 12.6 Å². The van der Waals surface area contributed by atoms with Crippen molar-refractivity contribution in [3.8, 4) is 0 Å². The van der Waals surface area contributed by atoms with E-state index >= 15 is 0 Å². The Morgan fingerprint density at radius 3 is 2.31 bits per heavy atom. The summed E-state index contributed by atoms with van der Waals surface area (Å²) in [7, 11) is -4.20. The van der Waals surface area contributed by atoms with Gasteiger partial charge >= 0.3 is 6.18 Å². The summed E-state index contributed by atoms with van der Waals surface area (Å²) >= 11 is 11.7. The van der Waals surface area contributed by atoms with Crippen molar-refractivity contribution in [2.45, 2.75) is 32.6 Å². The molecule has 0 aromatic heterocycles. The van der Waals surface area contributed by atoms with Crippen LogP contribution in [0.25, 0.3) is 0 Å². The summed E-state index contributed by atoms with van der Waals surface area (Å²) in [4.78, 5) is 26.9. The van der Waals surface area contributed by atoms with Gasteiger partial charge in [-0.15, -0.1) is 0 Å². The Bertz CT molecular complexity index is 1190. The maximum Gasteiger partial charge on any atom is 0.417 e. The third kappa shape index (κ3) is 7.74. The van der Waals surface area contributed by atoms with Gasteiger partial charge in [-0.3, -0.25) is 13.9 Å². The first-order valence-corrected chi connectivity index (χ1v) is 12.9. The molecule has 192 valence electrons. The number of nitrogens with one attached hydrogen (secondary N) is 1. The number of amides is 2. The van der Waals surface area contributed by atoms with Crippen LogP contribution < -0.4 is 9.62 Å². The molecule has 13 heteroatoms. The summed E-state index contributed by atoms with van der Waals surface area (Å²) in [5, 5.41) is 2.36. The van der Waals surface area contributed by atoms with E-state index in [9.17, 15) is 31.2 Å². The number of carbonyl (C=O) groups excluding carboxylic acids is 2. The highest BCUT2D eigenvalue weighted by Gasteiger charge is 2.35. The zero-order chi connectivity index (χ0) is 26.6. The molecule has 0 saturated carbocycles. The molecule has 1 N–H and O–H groups in total. The number of carbonyl (C=O) groups is 2. The molecule has 0 spiro atoms. The van der Waals surface area contributed by atoms with Crippen molar-refractivity contribution in [2.24, 2.45) is 0 Å².